The summed E-state index contributed by atoms with van der Waals surface area (Å²) in [5, 5.41) is 0. The molecule has 1 aliphatic carbocycles. The first-order valence-corrected chi connectivity index (χ1v) is 9.92. The standard InChI is InChI=1S/C22H20BrF2NO/c23-18-5-6-19-16(12-18)11-17(21(19)27)13-22(25)7-9-26(10-8-22)14-15-3-1-2-4-20(15)24/h1-6,12-13H,7-11,14H2/b17-13+. The molecule has 2 aromatic carbocycles. The second kappa shape index (κ2) is 7.28. The van der Waals surface area contributed by atoms with Crippen LogP contribution in [0.1, 0.15) is 34.3 Å². The van der Waals surface area contributed by atoms with Gasteiger partial charge in [0.2, 0.25) is 0 Å². The minimum absolute atomic E-state index is 0.0664. The van der Waals surface area contributed by atoms with Gasteiger partial charge in [-0.3, -0.25) is 9.69 Å². The molecule has 0 unspecified atom stereocenters. The van der Waals surface area contributed by atoms with Gasteiger partial charge >= 0.3 is 0 Å². The molecule has 140 valence electrons. The number of halogens is 3. The van der Waals surface area contributed by atoms with E-state index in [0.717, 1.165) is 10.0 Å². The molecule has 0 bridgehead atoms. The first kappa shape index (κ1) is 18.5. The Morgan fingerprint density at radius 2 is 1.89 bits per heavy atom. The van der Waals surface area contributed by atoms with Gasteiger partial charge in [-0.05, 0) is 48.7 Å². The molecule has 0 N–H and O–H groups in total. The summed E-state index contributed by atoms with van der Waals surface area (Å²) in [5.74, 6) is -0.291. The first-order valence-electron chi connectivity index (χ1n) is 9.13. The van der Waals surface area contributed by atoms with E-state index in [1.807, 2.05) is 18.2 Å². The van der Waals surface area contributed by atoms with Crippen LogP contribution in [0.5, 0.6) is 0 Å². The number of piperidine rings is 1. The number of fused-ring (bicyclic) bond motifs is 1. The normalized spacial score (nSPS) is 20.9. The van der Waals surface area contributed by atoms with E-state index in [9.17, 15) is 9.18 Å². The van der Waals surface area contributed by atoms with Crippen LogP contribution in [-0.4, -0.2) is 29.4 Å². The summed E-state index contributed by atoms with van der Waals surface area (Å²) in [4.78, 5) is 14.6. The van der Waals surface area contributed by atoms with Gasteiger partial charge in [-0.15, -0.1) is 0 Å². The summed E-state index contributed by atoms with van der Waals surface area (Å²) in [7, 11) is 0. The van der Waals surface area contributed by atoms with Crippen LogP contribution in [-0.2, 0) is 13.0 Å². The van der Waals surface area contributed by atoms with Gasteiger partial charge in [0.25, 0.3) is 0 Å². The average molecular weight is 432 g/mol. The van der Waals surface area contributed by atoms with Crippen molar-refractivity contribution in [3.63, 3.8) is 0 Å². The Hall–Kier alpha value is -1.85. The van der Waals surface area contributed by atoms with Gasteiger partial charge < -0.3 is 0 Å². The highest BCUT2D eigenvalue weighted by atomic mass is 79.9. The van der Waals surface area contributed by atoms with Crippen LogP contribution in [0.2, 0.25) is 0 Å². The Kier molecular flexibility index (Phi) is 4.99. The highest BCUT2D eigenvalue weighted by Gasteiger charge is 2.35. The molecular formula is C22H20BrF2NO. The SMILES string of the molecule is O=C1/C(=C/C2(F)CCN(Cc3ccccc3F)CC2)Cc2cc(Br)ccc21. The van der Waals surface area contributed by atoms with E-state index < -0.39 is 5.67 Å². The smallest absolute Gasteiger partial charge is 0.189 e. The Bertz CT molecular complexity index is 916. The van der Waals surface area contributed by atoms with Gasteiger partial charge in [0.15, 0.2) is 5.78 Å². The number of rotatable bonds is 3. The molecule has 2 aliphatic rings. The molecule has 5 heteroatoms. The highest BCUT2D eigenvalue weighted by Crippen LogP contribution is 2.35. The minimum Gasteiger partial charge on any atom is -0.299 e. The number of carbonyl (C=O) groups is 1. The van der Waals surface area contributed by atoms with E-state index >= 15 is 4.39 Å². The van der Waals surface area contributed by atoms with Crippen LogP contribution in [0.25, 0.3) is 0 Å². The summed E-state index contributed by atoms with van der Waals surface area (Å²) in [6.07, 6.45) is 2.67. The Labute approximate surface area is 166 Å². The zero-order valence-electron chi connectivity index (χ0n) is 14.9. The molecule has 1 heterocycles. The van der Waals surface area contributed by atoms with Crippen molar-refractivity contribution in [1.29, 1.82) is 0 Å². The number of hydrogen-bond donors (Lipinski definition) is 0. The fraction of sp³-hybridized carbons (Fsp3) is 0.318. The number of alkyl halides is 1. The van der Waals surface area contributed by atoms with Crippen molar-refractivity contribution in [2.75, 3.05) is 13.1 Å². The third-order valence-electron chi connectivity index (χ3n) is 5.46. The van der Waals surface area contributed by atoms with Gasteiger partial charge in [-0.1, -0.05) is 34.1 Å². The highest BCUT2D eigenvalue weighted by molar-refractivity contribution is 9.10. The van der Waals surface area contributed by atoms with Crippen molar-refractivity contribution in [2.24, 2.45) is 0 Å². The molecule has 0 atom stereocenters. The van der Waals surface area contributed by atoms with Gasteiger partial charge in [-0.2, -0.15) is 0 Å². The number of likely N-dealkylation sites (tertiary alicyclic amines) is 1. The summed E-state index contributed by atoms with van der Waals surface area (Å²) in [5.41, 5.74) is 1.32. The summed E-state index contributed by atoms with van der Waals surface area (Å²) < 4.78 is 30.1. The molecule has 2 nitrogen and oxygen atoms in total. The molecule has 27 heavy (non-hydrogen) atoms. The van der Waals surface area contributed by atoms with Crippen molar-refractivity contribution in [3.8, 4) is 0 Å². The predicted molar refractivity (Wildman–Crippen MR) is 105 cm³/mol. The van der Waals surface area contributed by atoms with Crippen LogP contribution in [0.4, 0.5) is 8.78 Å². The van der Waals surface area contributed by atoms with E-state index in [1.54, 1.807) is 24.3 Å². The van der Waals surface area contributed by atoms with Crippen molar-refractivity contribution >= 4 is 21.7 Å². The summed E-state index contributed by atoms with van der Waals surface area (Å²) in [6.45, 7) is 1.57. The topological polar surface area (TPSA) is 20.3 Å². The summed E-state index contributed by atoms with van der Waals surface area (Å²) >= 11 is 3.42. The van der Waals surface area contributed by atoms with Crippen LogP contribution in [0.3, 0.4) is 0 Å². The van der Waals surface area contributed by atoms with Crippen LogP contribution < -0.4 is 0 Å². The quantitative estimate of drug-likeness (QED) is 0.617. The zero-order valence-corrected chi connectivity index (χ0v) is 16.4. The number of benzene rings is 2. The van der Waals surface area contributed by atoms with Crippen molar-refractivity contribution < 1.29 is 13.6 Å². The van der Waals surface area contributed by atoms with Crippen LogP contribution in [0.15, 0.2) is 58.6 Å². The third kappa shape index (κ3) is 3.90. The van der Waals surface area contributed by atoms with Gasteiger partial charge in [-0.25, -0.2) is 8.78 Å². The van der Waals surface area contributed by atoms with Gasteiger partial charge in [0.05, 0.1) is 0 Å². The Morgan fingerprint density at radius 3 is 2.63 bits per heavy atom. The molecule has 0 aromatic heterocycles. The molecule has 0 radical (unpaired) electrons. The van der Waals surface area contributed by atoms with Crippen molar-refractivity contribution in [3.05, 3.63) is 81.1 Å². The largest absolute Gasteiger partial charge is 0.299 e. The summed E-state index contributed by atoms with van der Waals surface area (Å²) in [6, 6.07) is 12.3. The number of ketones is 1. The predicted octanol–water partition coefficient (Wildman–Crippen LogP) is 5.26. The lowest BCUT2D eigenvalue weighted by Crippen LogP contribution is -2.40. The van der Waals surface area contributed by atoms with Gasteiger partial charge in [0.1, 0.15) is 11.5 Å². The van der Waals surface area contributed by atoms with Crippen LogP contribution >= 0.6 is 15.9 Å². The molecule has 0 amide bonds. The Balaban J connectivity index is 1.43. The average Bonchev–Trinajstić information content (AvgIpc) is 2.93. The molecule has 2 aromatic rings. The molecule has 0 saturated carbocycles. The minimum atomic E-state index is -1.48. The van der Waals surface area contributed by atoms with Crippen LogP contribution in [0, 0.1) is 5.82 Å². The van der Waals surface area contributed by atoms with E-state index in [1.165, 1.54) is 6.07 Å². The molecule has 1 aliphatic heterocycles. The lowest BCUT2D eigenvalue weighted by Gasteiger charge is -2.35. The van der Waals surface area contributed by atoms with E-state index in [0.29, 0.717) is 55.6 Å². The first-order chi connectivity index (χ1) is 12.9. The van der Waals surface area contributed by atoms with E-state index in [2.05, 4.69) is 20.8 Å². The zero-order chi connectivity index (χ0) is 19.0. The molecule has 0 spiro atoms. The third-order valence-corrected chi connectivity index (χ3v) is 5.95. The second-order valence-corrected chi connectivity index (χ2v) is 8.29. The number of carbonyl (C=O) groups excluding carboxylic acids is 1. The monoisotopic (exact) mass is 431 g/mol. The van der Waals surface area contributed by atoms with Crippen molar-refractivity contribution in [2.45, 2.75) is 31.5 Å². The van der Waals surface area contributed by atoms with E-state index in [-0.39, 0.29) is 11.6 Å². The number of Topliss-reactive ketones (excluding diaryl/α,β-unsaturated/α-hetero) is 1. The lowest BCUT2D eigenvalue weighted by atomic mass is 9.90. The number of allylic oxidation sites excluding steroid dienone is 2. The maximum absolute atomic E-state index is 15.4. The Morgan fingerprint density at radius 1 is 1.15 bits per heavy atom. The maximum Gasteiger partial charge on any atom is 0.189 e. The number of nitrogens with zero attached hydrogens (tertiary/aromatic N) is 1. The number of hydrogen-bond acceptors (Lipinski definition) is 2. The van der Waals surface area contributed by atoms with Gasteiger partial charge in [0, 0.05) is 47.2 Å². The molecule has 4 rings (SSSR count). The fourth-order valence-corrected chi connectivity index (χ4v) is 4.32. The molecule has 1 saturated heterocycles. The van der Waals surface area contributed by atoms with E-state index in [4.69, 9.17) is 0 Å². The van der Waals surface area contributed by atoms with Crippen molar-refractivity contribution in [1.82, 2.24) is 4.90 Å². The molecule has 1 fully saturated rings. The lowest BCUT2D eigenvalue weighted by molar-refractivity contribution is 0.0896. The fourth-order valence-electron chi connectivity index (χ4n) is 3.91. The second-order valence-electron chi connectivity index (χ2n) is 7.38. The maximum atomic E-state index is 15.4. The molecular weight excluding hydrogens is 412 g/mol.